The molecule has 0 bridgehead atoms. The molecule has 0 aromatic carbocycles. The number of aromatic nitrogens is 4. The fourth-order valence-electron chi connectivity index (χ4n) is 1.44. The third kappa shape index (κ3) is 3.78. The zero-order valence-corrected chi connectivity index (χ0v) is 11.1. The number of anilines is 1. The average Bonchev–Trinajstić information content (AvgIpc) is 3.08. The lowest BCUT2D eigenvalue weighted by molar-refractivity contribution is 0.0519. The Morgan fingerprint density at radius 3 is 2.95 bits per heavy atom. The van der Waals surface area contributed by atoms with Gasteiger partial charge in [-0.2, -0.15) is 4.98 Å². The minimum absolute atomic E-state index is 0.0771. The van der Waals surface area contributed by atoms with Gasteiger partial charge in [-0.25, -0.2) is 14.3 Å². The number of ether oxygens (including phenoxy) is 1. The van der Waals surface area contributed by atoms with Crippen LogP contribution in [0.25, 0.3) is 0 Å². The van der Waals surface area contributed by atoms with Crippen LogP contribution in [0.5, 0.6) is 0 Å². The van der Waals surface area contributed by atoms with E-state index < -0.39 is 11.9 Å². The Kier molecular flexibility index (Phi) is 4.49. The van der Waals surface area contributed by atoms with Crippen LogP contribution in [0.15, 0.2) is 16.9 Å². The molecule has 0 fully saturated rings. The van der Waals surface area contributed by atoms with E-state index in [4.69, 9.17) is 14.3 Å². The molecule has 2 aromatic heterocycles. The van der Waals surface area contributed by atoms with E-state index in [0.717, 1.165) is 0 Å². The first-order valence-electron chi connectivity index (χ1n) is 6.10. The predicted molar refractivity (Wildman–Crippen MR) is 67.9 cm³/mol. The highest BCUT2D eigenvalue weighted by Gasteiger charge is 2.13. The van der Waals surface area contributed by atoms with Crippen LogP contribution in [0.2, 0.25) is 0 Å². The molecular formula is C11H13N5O5. The van der Waals surface area contributed by atoms with E-state index in [2.05, 4.69) is 20.6 Å². The monoisotopic (exact) mass is 295 g/mol. The van der Waals surface area contributed by atoms with E-state index in [9.17, 15) is 9.59 Å². The first-order valence-corrected chi connectivity index (χ1v) is 6.10. The maximum absolute atomic E-state index is 11.4. The molecule has 0 aliphatic heterocycles. The number of oxazole rings is 1. The number of esters is 1. The van der Waals surface area contributed by atoms with Crippen LogP contribution >= 0.6 is 0 Å². The van der Waals surface area contributed by atoms with E-state index in [-0.39, 0.29) is 24.0 Å². The van der Waals surface area contributed by atoms with Crippen LogP contribution in [-0.2, 0) is 11.3 Å². The molecule has 2 N–H and O–H groups in total. The number of hydrogen-bond acceptors (Lipinski definition) is 8. The molecule has 2 heterocycles. The second kappa shape index (κ2) is 6.50. The molecule has 2 aromatic rings. The fourth-order valence-corrected chi connectivity index (χ4v) is 1.44. The van der Waals surface area contributed by atoms with Crippen LogP contribution in [-0.4, -0.2) is 50.2 Å². The number of aromatic carboxylic acids is 1. The quantitative estimate of drug-likeness (QED) is 0.689. The third-order valence-electron chi connectivity index (χ3n) is 2.36. The second-order valence-electron chi connectivity index (χ2n) is 3.86. The van der Waals surface area contributed by atoms with Crippen molar-refractivity contribution in [3.05, 3.63) is 23.8 Å². The first-order chi connectivity index (χ1) is 10.1. The van der Waals surface area contributed by atoms with E-state index in [1.807, 2.05) is 0 Å². The predicted octanol–water partition coefficient (Wildman–Crippen LogP) is 0.253. The summed E-state index contributed by atoms with van der Waals surface area (Å²) in [5.41, 5.74) is -0.0519. The maximum Gasteiger partial charge on any atom is 0.360 e. The van der Waals surface area contributed by atoms with Gasteiger partial charge in [0.25, 0.3) is 6.01 Å². The topological polar surface area (TPSA) is 132 Å². The first kappa shape index (κ1) is 14.5. The highest BCUT2D eigenvalue weighted by Crippen LogP contribution is 2.08. The SMILES string of the molecule is CCOC(=O)c1coc(NCCn2cc(C(=O)O)nn2)n1. The highest BCUT2D eigenvalue weighted by molar-refractivity contribution is 5.87. The smallest absolute Gasteiger partial charge is 0.360 e. The van der Waals surface area contributed by atoms with Crippen LogP contribution in [0, 0.1) is 0 Å². The van der Waals surface area contributed by atoms with Crippen molar-refractivity contribution in [1.82, 2.24) is 20.0 Å². The summed E-state index contributed by atoms with van der Waals surface area (Å²) in [6, 6.07) is 0.164. The van der Waals surface area contributed by atoms with Crippen LogP contribution in [0.4, 0.5) is 6.01 Å². The summed E-state index contributed by atoms with van der Waals surface area (Å²) in [5, 5.41) is 18.6. The minimum Gasteiger partial charge on any atom is -0.476 e. The zero-order chi connectivity index (χ0) is 15.2. The van der Waals surface area contributed by atoms with Crippen molar-refractivity contribution >= 4 is 18.0 Å². The molecule has 21 heavy (non-hydrogen) atoms. The standard InChI is InChI=1S/C11H13N5O5/c1-2-20-10(19)8-6-21-11(13-8)12-3-4-16-5-7(9(17)18)14-15-16/h5-6H,2-4H2,1H3,(H,12,13)(H,17,18). The van der Waals surface area contributed by atoms with Gasteiger partial charge in [0.1, 0.15) is 6.26 Å². The normalized spacial score (nSPS) is 10.3. The third-order valence-corrected chi connectivity index (χ3v) is 2.36. The molecule has 0 spiro atoms. The van der Waals surface area contributed by atoms with E-state index in [1.165, 1.54) is 17.1 Å². The molecule has 0 amide bonds. The summed E-state index contributed by atoms with van der Waals surface area (Å²) in [6.45, 7) is 2.68. The van der Waals surface area contributed by atoms with Gasteiger partial charge in [0, 0.05) is 6.54 Å². The lowest BCUT2D eigenvalue weighted by Crippen LogP contribution is -2.11. The van der Waals surface area contributed by atoms with Crippen molar-refractivity contribution in [3.8, 4) is 0 Å². The molecule has 0 saturated heterocycles. The number of carbonyl (C=O) groups excluding carboxylic acids is 1. The van der Waals surface area contributed by atoms with Crippen molar-refractivity contribution in [3.63, 3.8) is 0 Å². The fraction of sp³-hybridized carbons (Fsp3) is 0.364. The highest BCUT2D eigenvalue weighted by atomic mass is 16.5. The van der Waals surface area contributed by atoms with Gasteiger partial charge >= 0.3 is 11.9 Å². The number of rotatable bonds is 7. The van der Waals surface area contributed by atoms with E-state index >= 15 is 0 Å². The van der Waals surface area contributed by atoms with Crippen LogP contribution in [0.1, 0.15) is 27.9 Å². The summed E-state index contributed by atoms with van der Waals surface area (Å²) in [7, 11) is 0. The summed E-state index contributed by atoms with van der Waals surface area (Å²) in [4.78, 5) is 25.9. The molecule has 0 radical (unpaired) electrons. The molecule has 2 rings (SSSR count). The second-order valence-corrected chi connectivity index (χ2v) is 3.86. The Morgan fingerprint density at radius 1 is 1.48 bits per heavy atom. The van der Waals surface area contributed by atoms with Gasteiger partial charge in [-0.15, -0.1) is 5.10 Å². The van der Waals surface area contributed by atoms with Crippen molar-refractivity contribution < 1.29 is 23.8 Å². The molecule has 0 aliphatic rings. The van der Waals surface area contributed by atoms with Crippen molar-refractivity contribution in [2.45, 2.75) is 13.5 Å². The Hall–Kier alpha value is -2.91. The van der Waals surface area contributed by atoms with Gasteiger partial charge in [-0.1, -0.05) is 5.21 Å². The number of carbonyl (C=O) groups is 2. The lowest BCUT2D eigenvalue weighted by atomic mass is 10.5. The number of hydrogen-bond donors (Lipinski definition) is 2. The zero-order valence-electron chi connectivity index (χ0n) is 11.1. The maximum atomic E-state index is 11.4. The molecule has 0 unspecified atom stereocenters. The Morgan fingerprint density at radius 2 is 2.29 bits per heavy atom. The van der Waals surface area contributed by atoms with Gasteiger partial charge in [0.15, 0.2) is 11.4 Å². The lowest BCUT2D eigenvalue weighted by Gasteiger charge is -2.00. The molecule has 112 valence electrons. The molecule has 10 heteroatoms. The van der Waals surface area contributed by atoms with Gasteiger partial charge in [0.2, 0.25) is 0 Å². The summed E-state index contributed by atoms with van der Waals surface area (Å²) in [6.07, 6.45) is 2.50. The number of nitrogens with one attached hydrogen (secondary N) is 1. The van der Waals surface area contributed by atoms with Gasteiger partial charge in [-0.3, -0.25) is 0 Å². The van der Waals surface area contributed by atoms with E-state index in [0.29, 0.717) is 13.1 Å². The van der Waals surface area contributed by atoms with E-state index in [1.54, 1.807) is 6.92 Å². The van der Waals surface area contributed by atoms with Gasteiger partial charge < -0.3 is 19.6 Å². The number of carboxylic acid groups (broad SMARTS) is 1. The van der Waals surface area contributed by atoms with Gasteiger partial charge in [0.05, 0.1) is 19.3 Å². The molecular weight excluding hydrogens is 282 g/mol. The van der Waals surface area contributed by atoms with Crippen molar-refractivity contribution in [2.75, 3.05) is 18.5 Å². The van der Waals surface area contributed by atoms with Crippen LogP contribution in [0.3, 0.4) is 0 Å². The Labute approximate surface area is 118 Å². The summed E-state index contributed by atoms with van der Waals surface area (Å²) >= 11 is 0. The minimum atomic E-state index is -1.14. The molecule has 0 atom stereocenters. The van der Waals surface area contributed by atoms with Crippen LogP contribution < -0.4 is 5.32 Å². The van der Waals surface area contributed by atoms with Gasteiger partial charge in [-0.05, 0) is 6.92 Å². The number of carboxylic acids is 1. The summed E-state index contributed by atoms with van der Waals surface area (Å²) < 4.78 is 11.2. The largest absolute Gasteiger partial charge is 0.476 e. The Balaban J connectivity index is 1.83. The molecule has 0 aliphatic carbocycles. The number of nitrogens with zero attached hydrogens (tertiary/aromatic N) is 4. The van der Waals surface area contributed by atoms with Crippen molar-refractivity contribution in [2.24, 2.45) is 0 Å². The molecule has 10 nitrogen and oxygen atoms in total. The average molecular weight is 295 g/mol. The Bertz CT molecular complexity index is 634. The van der Waals surface area contributed by atoms with Crippen molar-refractivity contribution in [1.29, 1.82) is 0 Å². The molecule has 0 saturated carbocycles. The summed E-state index contributed by atoms with van der Waals surface area (Å²) in [5.74, 6) is -1.70.